The first-order valence-corrected chi connectivity index (χ1v) is 6.51. The maximum absolute atomic E-state index is 11.4. The van der Waals surface area contributed by atoms with E-state index in [2.05, 4.69) is 15.4 Å². The normalized spacial score (nSPS) is 16.0. The Morgan fingerprint density at radius 2 is 1.89 bits per heavy atom. The van der Waals surface area contributed by atoms with E-state index in [1.807, 2.05) is 0 Å². The molecule has 1 aliphatic rings. The molecule has 0 aromatic carbocycles. The zero-order valence-corrected chi connectivity index (χ0v) is 11.6. The maximum Gasteiger partial charge on any atom is 0.409 e. The first-order chi connectivity index (χ1) is 9.17. The second-order valence-electron chi connectivity index (χ2n) is 4.53. The van der Waals surface area contributed by atoms with Crippen molar-refractivity contribution in [3.63, 3.8) is 0 Å². The van der Waals surface area contributed by atoms with E-state index in [0.717, 1.165) is 12.8 Å². The molecule has 0 bridgehead atoms. The molecule has 0 aliphatic carbocycles. The van der Waals surface area contributed by atoms with Crippen molar-refractivity contribution < 1.29 is 19.1 Å². The second-order valence-corrected chi connectivity index (χ2v) is 4.53. The first-order valence-electron chi connectivity index (χ1n) is 6.51. The van der Waals surface area contributed by atoms with Gasteiger partial charge >= 0.3 is 12.1 Å². The van der Waals surface area contributed by atoms with Crippen LogP contribution in [0, 0.1) is 5.92 Å². The molecule has 0 spiro atoms. The number of likely N-dealkylation sites (tertiary alicyclic amines) is 1. The van der Waals surface area contributed by atoms with Crippen LogP contribution in [-0.2, 0) is 9.47 Å². The number of amides is 3. The standard InChI is InChI=1S/C12H23N3O4/c1-18-8-5-13-11(16)14-9-10-3-6-15(7-4-10)12(17)19-2/h10H,3-9H2,1-2H3,(H2,13,14,16). The highest BCUT2D eigenvalue weighted by atomic mass is 16.5. The Morgan fingerprint density at radius 1 is 1.21 bits per heavy atom. The van der Waals surface area contributed by atoms with E-state index >= 15 is 0 Å². The van der Waals surface area contributed by atoms with Crippen molar-refractivity contribution in [3.05, 3.63) is 0 Å². The Kier molecular flexibility index (Phi) is 7.02. The van der Waals surface area contributed by atoms with Crippen molar-refractivity contribution in [2.75, 3.05) is 47.0 Å². The molecule has 110 valence electrons. The highest BCUT2D eigenvalue weighted by molar-refractivity contribution is 5.73. The summed E-state index contributed by atoms with van der Waals surface area (Å²) in [6, 6.07) is -0.174. The minimum Gasteiger partial charge on any atom is -0.453 e. The van der Waals surface area contributed by atoms with Gasteiger partial charge in [-0.05, 0) is 18.8 Å². The van der Waals surface area contributed by atoms with Crippen LogP contribution in [-0.4, -0.2) is 64.0 Å². The van der Waals surface area contributed by atoms with E-state index < -0.39 is 0 Å². The monoisotopic (exact) mass is 273 g/mol. The third-order valence-corrected chi connectivity index (χ3v) is 3.19. The predicted octanol–water partition coefficient (Wildman–Crippen LogP) is 0.410. The van der Waals surface area contributed by atoms with Crippen molar-refractivity contribution in [2.24, 2.45) is 5.92 Å². The third-order valence-electron chi connectivity index (χ3n) is 3.19. The van der Waals surface area contributed by atoms with Crippen LogP contribution in [0.5, 0.6) is 0 Å². The van der Waals surface area contributed by atoms with Gasteiger partial charge < -0.3 is 25.0 Å². The average Bonchev–Trinajstić information content (AvgIpc) is 2.45. The molecule has 19 heavy (non-hydrogen) atoms. The number of carbonyl (C=O) groups excluding carboxylic acids is 2. The van der Waals surface area contributed by atoms with Gasteiger partial charge in [-0.15, -0.1) is 0 Å². The molecule has 1 saturated heterocycles. The van der Waals surface area contributed by atoms with Crippen LogP contribution >= 0.6 is 0 Å². The summed E-state index contributed by atoms with van der Waals surface area (Å²) in [5.41, 5.74) is 0. The summed E-state index contributed by atoms with van der Waals surface area (Å²) in [7, 11) is 2.98. The van der Waals surface area contributed by atoms with Gasteiger partial charge in [0, 0.05) is 33.3 Å². The maximum atomic E-state index is 11.4. The zero-order valence-electron chi connectivity index (χ0n) is 11.6. The molecule has 7 heteroatoms. The number of piperidine rings is 1. The minimum atomic E-state index is -0.274. The van der Waals surface area contributed by atoms with E-state index in [1.54, 1.807) is 12.0 Å². The van der Waals surface area contributed by atoms with Gasteiger partial charge in [0.1, 0.15) is 0 Å². The second kappa shape index (κ2) is 8.58. The van der Waals surface area contributed by atoms with Gasteiger partial charge in [-0.25, -0.2) is 9.59 Å². The molecule has 0 unspecified atom stereocenters. The smallest absolute Gasteiger partial charge is 0.409 e. The summed E-state index contributed by atoms with van der Waals surface area (Å²) in [4.78, 5) is 24.4. The topological polar surface area (TPSA) is 79.9 Å². The van der Waals surface area contributed by atoms with Crippen LogP contribution in [0.2, 0.25) is 0 Å². The van der Waals surface area contributed by atoms with Gasteiger partial charge in [0.05, 0.1) is 13.7 Å². The summed E-state index contributed by atoms with van der Waals surface area (Å²) in [6.07, 6.45) is 1.49. The number of nitrogens with zero attached hydrogens (tertiary/aromatic N) is 1. The Bertz CT molecular complexity index is 291. The average molecular weight is 273 g/mol. The molecular weight excluding hydrogens is 250 g/mol. The van der Waals surface area contributed by atoms with Crippen LogP contribution in [0.3, 0.4) is 0 Å². The fourth-order valence-corrected chi connectivity index (χ4v) is 2.01. The molecule has 0 aromatic heterocycles. The van der Waals surface area contributed by atoms with Crippen molar-refractivity contribution in [1.82, 2.24) is 15.5 Å². The van der Waals surface area contributed by atoms with Crippen molar-refractivity contribution in [2.45, 2.75) is 12.8 Å². The highest BCUT2D eigenvalue weighted by Crippen LogP contribution is 2.16. The summed E-state index contributed by atoms with van der Waals surface area (Å²) >= 11 is 0. The van der Waals surface area contributed by atoms with Gasteiger partial charge in [-0.3, -0.25) is 0 Å². The van der Waals surface area contributed by atoms with E-state index in [0.29, 0.717) is 38.7 Å². The number of rotatable bonds is 5. The molecule has 0 aromatic rings. The predicted molar refractivity (Wildman–Crippen MR) is 70.0 cm³/mol. The quantitative estimate of drug-likeness (QED) is 0.711. The number of hydrogen-bond acceptors (Lipinski definition) is 4. The summed E-state index contributed by atoms with van der Waals surface area (Å²) in [5.74, 6) is 0.411. The largest absolute Gasteiger partial charge is 0.453 e. The van der Waals surface area contributed by atoms with Crippen molar-refractivity contribution in [3.8, 4) is 0 Å². The number of hydrogen-bond donors (Lipinski definition) is 2. The van der Waals surface area contributed by atoms with E-state index in [1.165, 1.54) is 7.11 Å². The number of ether oxygens (including phenoxy) is 2. The third kappa shape index (κ3) is 5.78. The number of urea groups is 1. The molecule has 1 fully saturated rings. The van der Waals surface area contributed by atoms with Crippen LogP contribution in [0.25, 0.3) is 0 Å². The van der Waals surface area contributed by atoms with Crippen LogP contribution in [0.4, 0.5) is 9.59 Å². The van der Waals surface area contributed by atoms with Gasteiger partial charge in [0.15, 0.2) is 0 Å². The highest BCUT2D eigenvalue weighted by Gasteiger charge is 2.23. The Hall–Kier alpha value is -1.50. The molecule has 3 amide bonds. The minimum absolute atomic E-state index is 0.174. The summed E-state index contributed by atoms with van der Waals surface area (Å²) in [6.45, 7) is 3.01. The molecule has 1 rings (SSSR count). The Morgan fingerprint density at radius 3 is 2.47 bits per heavy atom. The lowest BCUT2D eigenvalue weighted by Crippen LogP contribution is -2.44. The van der Waals surface area contributed by atoms with Crippen LogP contribution in [0.15, 0.2) is 0 Å². The van der Waals surface area contributed by atoms with Gasteiger partial charge in [-0.1, -0.05) is 0 Å². The van der Waals surface area contributed by atoms with Crippen LogP contribution in [0.1, 0.15) is 12.8 Å². The fourth-order valence-electron chi connectivity index (χ4n) is 2.01. The fraction of sp³-hybridized carbons (Fsp3) is 0.833. The van der Waals surface area contributed by atoms with E-state index in [4.69, 9.17) is 4.74 Å². The lowest BCUT2D eigenvalue weighted by Gasteiger charge is -2.30. The molecule has 2 N–H and O–H groups in total. The molecule has 7 nitrogen and oxygen atoms in total. The zero-order chi connectivity index (χ0) is 14.1. The molecule has 0 radical (unpaired) electrons. The lowest BCUT2D eigenvalue weighted by atomic mass is 9.97. The Labute approximate surface area is 113 Å². The Balaban J connectivity index is 2.12. The van der Waals surface area contributed by atoms with Crippen molar-refractivity contribution in [1.29, 1.82) is 0 Å². The van der Waals surface area contributed by atoms with E-state index in [-0.39, 0.29) is 12.1 Å². The summed E-state index contributed by atoms with van der Waals surface area (Å²) < 4.78 is 9.51. The molecule has 0 atom stereocenters. The number of nitrogens with one attached hydrogen (secondary N) is 2. The lowest BCUT2D eigenvalue weighted by molar-refractivity contribution is 0.106. The van der Waals surface area contributed by atoms with E-state index in [9.17, 15) is 9.59 Å². The summed E-state index contributed by atoms with van der Waals surface area (Å²) in [5, 5.41) is 5.53. The van der Waals surface area contributed by atoms with Gasteiger partial charge in [0.25, 0.3) is 0 Å². The molecule has 1 heterocycles. The van der Waals surface area contributed by atoms with Crippen molar-refractivity contribution >= 4 is 12.1 Å². The SMILES string of the molecule is COCCNC(=O)NCC1CCN(C(=O)OC)CC1. The number of carbonyl (C=O) groups is 2. The molecular formula is C12H23N3O4. The first kappa shape index (κ1) is 15.6. The van der Waals surface area contributed by atoms with Gasteiger partial charge in [0.2, 0.25) is 0 Å². The number of methoxy groups -OCH3 is 2. The van der Waals surface area contributed by atoms with Crippen LogP contribution < -0.4 is 10.6 Å². The molecule has 0 saturated carbocycles. The molecule has 1 aliphatic heterocycles. The van der Waals surface area contributed by atoms with Gasteiger partial charge in [-0.2, -0.15) is 0 Å².